The number of carbonyl (C=O) groups excluding carboxylic acids is 2. The highest BCUT2D eigenvalue weighted by Crippen LogP contribution is 2.27. The van der Waals surface area contributed by atoms with Crippen molar-refractivity contribution in [3.8, 4) is 0 Å². The Bertz CT molecular complexity index is 467. The number of carbonyl (C=O) groups is 2. The summed E-state index contributed by atoms with van der Waals surface area (Å²) in [5, 5.41) is 0.111. The lowest BCUT2D eigenvalue weighted by Crippen LogP contribution is -2.25. The fraction of sp³-hybridized carbons (Fsp3) is 0.364. The summed E-state index contributed by atoms with van der Waals surface area (Å²) in [6.45, 7) is 2.09. The Balaban J connectivity index is 2.13. The van der Waals surface area contributed by atoms with Crippen molar-refractivity contribution in [3.05, 3.63) is 21.9 Å². The van der Waals surface area contributed by atoms with Gasteiger partial charge in [0.25, 0.3) is 0 Å². The van der Waals surface area contributed by atoms with Crippen molar-refractivity contribution in [2.24, 2.45) is 0 Å². The van der Waals surface area contributed by atoms with E-state index in [1.54, 1.807) is 11.1 Å². The average molecular weight is 362 g/mol. The minimum atomic E-state index is 0.0400. The van der Waals surface area contributed by atoms with Gasteiger partial charge in [0.1, 0.15) is 5.82 Å². The number of halogens is 1. The summed E-state index contributed by atoms with van der Waals surface area (Å²) in [6.07, 6.45) is 2.10. The molecule has 0 radical (unpaired) electrons. The molecule has 2 rings (SSSR count). The molecule has 0 bridgehead atoms. The molecule has 1 fully saturated rings. The van der Waals surface area contributed by atoms with Crippen molar-refractivity contribution in [2.75, 3.05) is 11.4 Å². The minimum Gasteiger partial charge on any atom is -0.296 e. The molecule has 1 aromatic heterocycles. The maximum Gasteiger partial charge on any atom is 0.229 e. The molecule has 4 nitrogen and oxygen atoms in total. The fourth-order valence-electron chi connectivity index (χ4n) is 1.75. The van der Waals surface area contributed by atoms with E-state index >= 15 is 0 Å². The lowest BCUT2D eigenvalue weighted by Gasteiger charge is -2.15. The molecule has 1 atom stereocenters. The first-order valence-electron chi connectivity index (χ1n) is 5.15. The first kappa shape index (κ1) is 12.8. The number of anilines is 1. The molecular weight excluding hydrogens is 351 g/mol. The largest absolute Gasteiger partial charge is 0.296 e. The highest BCUT2D eigenvalue weighted by molar-refractivity contribution is 14.1. The van der Waals surface area contributed by atoms with E-state index in [1.165, 1.54) is 18.7 Å². The fourth-order valence-corrected chi connectivity index (χ4v) is 3.11. The molecule has 1 amide bonds. The van der Waals surface area contributed by atoms with Crippen LogP contribution < -0.4 is 4.90 Å². The number of aromatic nitrogens is 1. The van der Waals surface area contributed by atoms with E-state index < -0.39 is 0 Å². The smallest absolute Gasteiger partial charge is 0.229 e. The van der Waals surface area contributed by atoms with E-state index in [2.05, 4.69) is 27.6 Å². The van der Waals surface area contributed by atoms with Gasteiger partial charge in [0.15, 0.2) is 5.12 Å². The summed E-state index contributed by atoms with van der Waals surface area (Å²) in [7, 11) is 0. The third kappa shape index (κ3) is 3.19. The van der Waals surface area contributed by atoms with Crippen molar-refractivity contribution < 1.29 is 9.59 Å². The van der Waals surface area contributed by atoms with Crippen LogP contribution in [0.4, 0.5) is 5.82 Å². The quantitative estimate of drug-likeness (QED) is 0.756. The average Bonchev–Trinajstić information content (AvgIpc) is 2.58. The van der Waals surface area contributed by atoms with Crippen molar-refractivity contribution in [2.45, 2.75) is 18.6 Å². The van der Waals surface area contributed by atoms with E-state index in [-0.39, 0.29) is 16.3 Å². The van der Waals surface area contributed by atoms with Crippen LogP contribution in [-0.4, -0.2) is 27.8 Å². The summed E-state index contributed by atoms with van der Waals surface area (Å²) < 4.78 is 1.04. The molecule has 1 aliphatic rings. The van der Waals surface area contributed by atoms with Gasteiger partial charge in [-0.2, -0.15) is 0 Å². The standard InChI is InChI=1S/C11H11IN2O2S/c1-7(15)17-9-5-11(16)14(6-9)10-4-8(12)2-3-13-10/h2-4,9H,5-6H2,1H3. The number of thioether (sulfide) groups is 1. The van der Waals surface area contributed by atoms with Gasteiger partial charge in [0, 0.05) is 34.9 Å². The van der Waals surface area contributed by atoms with Crippen LogP contribution in [0.15, 0.2) is 18.3 Å². The van der Waals surface area contributed by atoms with E-state index in [1.807, 2.05) is 12.1 Å². The van der Waals surface area contributed by atoms with Gasteiger partial charge in [-0.05, 0) is 34.7 Å². The summed E-state index contributed by atoms with van der Waals surface area (Å²) in [6, 6.07) is 3.76. The number of amides is 1. The lowest BCUT2D eigenvalue weighted by molar-refractivity contribution is -0.117. The van der Waals surface area contributed by atoms with Crippen LogP contribution in [0.25, 0.3) is 0 Å². The van der Waals surface area contributed by atoms with Crippen LogP contribution in [0.1, 0.15) is 13.3 Å². The Morgan fingerprint density at radius 1 is 1.65 bits per heavy atom. The zero-order chi connectivity index (χ0) is 12.4. The second-order valence-electron chi connectivity index (χ2n) is 3.77. The van der Waals surface area contributed by atoms with Crippen molar-refractivity contribution in [1.82, 2.24) is 4.98 Å². The molecule has 0 saturated carbocycles. The lowest BCUT2D eigenvalue weighted by atomic mass is 10.4. The van der Waals surface area contributed by atoms with Crippen LogP contribution in [0.5, 0.6) is 0 Å². The second-order valence-corrected chi connectivity index (χ2v) is 6.50. The van der Waals surface area contributed by atoms with Gasteiger partial charge in [0.05, 0.1) is 0 Å². The first-order chi connectivity index (χ1) is 8.06. The number of hydrogen-bond acceptors (Lipinski definition) is 4. The van der Waals surface area contributed by atoms with Crippen molar-refractivity contribution >= 4 is 51.2 Å². The Labute approximate surface area is 117 Å². The molecule has 0 N–H and O–H groups in total. The molecule has 17 heavy (non-hydrogen) atoms. The Hall–Kier alpha value is -0.630. The highest BCUT2D eigenvalue weighted by atomic mass is 127. The Kier molecular flexibility index (Phi) is 4.03. The summed E-state index contributed by atoms with van der Waals surface area (Å²) in [4.78, 5) is 28.7. The maximum atomic E-state index is 11.8. The molecule has 1 unspecified atom stereocenters. The van der Waals surface area contributed by atoms with Gasteiger partial charge in [-0.1, -0.05) is 11.8 Å². The topological polar surface area (TPSA) is 50.3 Å². The summed E-state index contributed by atoms with van der Waals surface area (Å²) >= 11 is 3.42. The predicted octanol–water partition coefficient (Wildman–Crippen LogP) is 2.07. The zero-order valence-corrected chi connectivity index (χ0v) is 12.2. The molecule has 0 aromatic carbocycles. The molecule has 6 heteroatoms. The van der Waals surface area contributed by atoms with Gasteiger partial charge < -0.3 is 0 Å². The van der Waals surface area contributed by atoms with Crippen LogP contribution >= 0.6 is 34.4 Å². The van der Waals surface area contributed by atoms with E-state index in [4.69, 9.17) is 0 Å². The summed E-state index contributed by atoms with van der Waals surface area (Å²) in [5.74, 6) is 0.715. The van der Waals surface area contributed by atoms with Crippen LogP contribution in [0, 0.1) is 3.57 Å². The van der Waals surface area contributed by atoms with Gasteiger partial charge in [-0.3, -0.25) is 14.5 Å². The molecule has 1 saturated heterocycles. The number of hydrogen-bond donors (Lipinski definition) is 0. The van der Waals surface area contributed by atoms with Crippen molar-refractivity contribution in [1.29, 1.82) is 0 Å². The molecule has 90 valence electrons. The third-order valence-corrected chi connectivity index (χ3v) is 4.06. The van der Waals surface area contributed by atoms with Gasteiger partial charge in [-0.15, -0.1) is 0 Å². The monoisotopic (exact) mass is 362 g/mol. The van der Waals surface area contributed by atoms with E-state index in [0.717, 1.165) is 3.57 Å². The maximum absolute atomic E-state index is 11.8. The number of rotatable bonds is 2. The van der Waals surface area contributed by atoms with Gasteiger partial charge in [-0.25, -0.2) is 4.98 Å². The number of pyridine rings is 1. The Morgan fingerprint density at radius 3 is 3.06 bits per heavy atom. The molecule has 1 aromatic rings. The number of nitrogens with zero attached hydrogens (tertiary/aromatic N) is 2. The third-order valence-electron chi connectivity index (χ3n) is 2.41. The van der Waals surface area contributed by atoms with Crippen LogP contribution in [0.3, 0.4) is 0 Å². The second kappa shape index (κ2) is 5.34. The summed E-state index contributed by atoms with van der Waals surface area (Å²) in [5.41, 5.74) is 0. The van der Waals surface area contributed by atoms with E-state index in [9.17, 15) is 9.59 Å². The highest BCUT2D eigenvalue weighted by Gasteiger charge is 2.32. The predicted molar refractivity (Wildman–Crippen MR) is 76.0 cm³/mol. The molecule has 2 heterocycles. The van der Waals surface area contributed by atoms with Crippen LogP contribution in [-0.2, 0) is 9.59 Å². The first-order valence-corrected chi connectivity index (χ1v) is 7.11. The Morgan fingerprint density at radius 2 is 2.41 bits per heavy atom. The molecular formula is C11H11IN2O2S. The normalized spacial score (nSPS) is 19.8. The zero-order valence-electron chi connectivity index (χ0n) is 9.22. The van der Waals surface area contributed by atoms with Crippen molar-refractivity contribution in [3.63, 3.8) is 0 Å². The van der Waals surface area contributed by atoms with E-state index in [0.29, 0.717) is 18.8 Å². The van der Waals surface area contributed by atoms with Crippen LogP contribution in [0.2, 0.25) is 0 Å². The molecule has 0 aliphatic carbocycles. The molecule has 0 spiro atoms. The minimum absolute atomic E-state index is 0.0400. The SMILES string of the molecule is CC(=O)SC1CC(=O)N(c2cc(I)ccn2)C1. The van der Waals surface area contributed by atoms with Gasteiger partial charge in [0.2, 0.25) is 5.91 Å². The van der Waals surface area contributed by atoms with Gasteiger partial charge >= 0.3 is 0 Å². The molecule has 1 aliphatic heterocycles.